The number of methoxy groups -OCH3 is 1. The molecule has 0 bridgehead atoms. The average Bonchev–Trinajstić information content (AvgIpc) is 2.38. The maximum absolute atomic E-state index is 13.8. The molecule has 5 heteroatoms. The molecule has 1 atom stereocenters. The van der Waals surface area contributed by atoms with Crippen molar-refractivity contribution < 1.29 is 13.5 Å². The Bertz CT molecular complexity index is 604. The van der Waals surface area contributed by atoms with Gasteiger partial charge in [0.2, 0.25) is 0 Å². The molecule has 0 aliphatic carbocycles. The van der Waals surface area contributed by atoms with Crippen LogP contribution in [0.5, 0.6) is 5.75 Å². The molecule has 100 valence electrons. The molecular weight excluding hydrogens is 316 g/mol. The van der Waals surface area contributed by atoms with E-state index in [0.29, 0.717) is 15.6 Å². The SMILES string of the molecule is COc1ccc(C(N)c2ccc(Br)cc2F)cc1F. The zero-order valence-electron chi connectivity index (χ0n) is 10.2. The minimum atomic E-state index is -0.728. The normalized spacial score (nSPS) is 12.3. The van der Waals surface area contributed by atoms with Gasteiger partial charge in [-0.05, 0) is 29.8 Å². The maximum Gasteiger partial charge on any atom is 0.165 e. The number of hydrogen-bond acceptors (Lipinski definition) is 2. The van der Waals surface area contributed by atoms with E-state index >= 15 is 0 Å². The smallest absolute Gasteiger partial charge is 0.165 e. The van der Waals surface area contributed by atoms with E-state index in [1.54, 1.807) is 18.2 Å². The summed E-state index contributed by atoms with van der Waals surface area (Å²) in [6, 6.07) is 8.22. The Labute approximate surface area is 118 Å². The van der Waals surface area contributed by atoms with E-state index in [1.165, 1.54) is 25.3 Å². The summed E-state index contributed by atoms with van der Waals surface area (Å²) >= 11 is 3.17. The molecule has 2 rings (SSSR count). The first kappa shape index (κ1) is 14.0. The van der Waals surface area contributed by atoms with Gasteiger partial charge >= 0.3 is 0 Å². The predicted octanol–water partition coefficient (Wildman–Crippen LogP) is 3.78. The molecule has 0 radical (unpaired) electrons. The summed E-state index contributed by atoms with van der Waals surface area (Å²) in [5.41, 5.74) is 6.76. The predicted molar refractivity (Wildman–Crippen MR) is 73.1 cm³/mol. The molecule has 1 unspecified atom stereocenters. The molecule has 0 amide bonds. The van der Waals surface area contributed by atoms with E-state index in [4.69, 9.17) is 10.5 Å². The van der Waals surface area contributed by atoms with Crippen LogP contribution in [-0.4, -0.2) is 7.11 Å². The molecule has 2 aromatic carbocycles. The van der Waals surface area contributed by atoms with Gasteiger partial charge < -0.3 is 10.5 Å². The fraction of sp³-hybridized carbons (Fsp3) is 0.143. The molecule has 0 fully saturated rings. The van der Waals surface area contributed by atoms with Crippen LogP contribution in [0.4, 0.5) is 8.78 Å². The van der Waals surface area contributed by atoms with Crippen molar-refractivity contribution in [2.45, 2.75) is 6.04 Å². The van der Waals surface area contributed by atoms with Crippen molar-refractivity contribution in [3.63, 3.8) is 0 Å². The Morgan fingerprint density at radius 1 is 1.11 bits per heavy atom. The highest BCUT2D eigenvalue weighted by molar-refractivity contribution is 9.10. The van der Waals surface area contributed by atoms with E-state index in [-0.39, 0.29) is 5.75 Å². The molecule has 0 aliphatic rings. The summed E-state index contributed by atoms with van der Waals surface area (Å²) in [5.74, 6) is -0.821. The lowest BCUT2D eigenvalue weighted by atomic mass is 9.99. The highest BCUT2D eigenvalue weighted by Gasteiger charge is 2.15. The van der Waals surface area contributed by atoms with Crippen molar-refractivity contribution in [2.24, 2.45) is 5.73 Å². The van der Waals surface area contributed by atoms with Gasteiger partial charge in [0, 0.05) is 10.0 Å². The van der Waals surface area contributed by atoms with E-state index in [0.717, 1.165) is 0 Å². The molecule has 2 aromatic rings. The number of nitrogens with two attached hydrogens (primary N) is 1. The Balaban J connectivity index is 2.38. The molecule has 2 N–H and O–H groups in total. The number of hydrogen-bond donors (Lipinski definition) is 1. The van der Waals surface area contributed by atoms with Crippen LogP contribution in [0, 0.1) is 11.6 Å². The van der Waals surface area contributed by atoms with Gasteiger partial charge in [0.25, 0.3) is 0 Å². The second-order valence-electron chi connectivity index (χ2n) is 4.04. The van der Waals surface area contributed by atoms with Crippen LogP contribution in [0.1, 0.15) is 17.2 Å². The van der Waals surface area contributed by atoms with Gasteiger partial charge in [-0.2, -0.15) is 0 Å². The summed E-state index contributed by atoms with van der Waals surface area (Å²) in [4.78, 5) is 0. The lowest BCUT2D eigenvalue weighted by Crippen LogP contribution is -2.14. The van der Waals surface area contributed by atoms with Gasteiger partial charge in [-0.15, -0.1) is 0 Å². The van der Waals surface area contributed by atoms with Crippen molar-refractivity contribution in [1.82, 2.24) is 0 Å². The van der Waals surface area contributed by atoms with E-state index < -0.39 is 17.7 Å². The lowest BCUT2D eigenvalue weighted by molar-refractivity contribution is 0.386. The summed E-state index contributed by atoms with van der Waals surface area (Å²) in [6.07, 6.45) is 0. The van der Waals surface area contributed by atoms with Gasteiger partial charge in [0.05, 0.1) is 13.2 Å². The van der Waals surface area contributed by atoms with Crippen LogP contribution in [0.2, 0.25) is 0 Å². The first-order chi connectivity index (χ1) is 9.02. The van der Waals surface area contributed by atoms with Crippen LogP contribution in [0.3, 0.4) is 0 Å². The Hall–Kier alpha value is -1.46. The number of ether oxygens (including phenoxy) is 1. The molecule has 2 nitrogen and oxygen atoms in total. The summed E-state index contributed by atoms with van der Waals surface area (Å²) < 4.78 is 32.9. The highest BCUT2D eigenvalue weighted by atomic mass is 79.9. The van der Waals surface area contributed by atoms with E-state index in [1.807, 2.05) is 0 Å². The third kappa shape index (κ3) is 2.93. The van der Waals surface area contributed by atoms with Crippen molar-refractivity contribution >= 4 is 15.9 Å². The van der Waals surface area contributed by atoms with Crippen molar-refractivity contribution in [1.29, 1.82) is 0 Å². The lowest BCUT2D eigenvalue weighted by Gasteiger charge is -2.14. The molecule has 0 spiro atoms. The average molecular weight is 328 g/mol. The van der Waals surface area contributed by atoms with Crippen LogP contribution in [-0.2, 0) is 0 Å². The van der Waals surface area contributed by atoms with Crippen molar-refractivity contribution in [3.8, 4) is 5.75 Å². The standard InChI is InChI=1S/C14H12BrF2NO/c1-19-13-5-2-8(6-12(13)17)14(18)10-4-3-9(15)7-11(10)16/h2-7,14H,18H2,1H3. The Kier molecular flexibility index (Phi) is 4.17. The Morgan fingerprint density at radius 3 is 2.42 bits per heavy atom. The van der Waals surface area contributed by atoms with Crippen LogP contribution >= 0.6 is 15.9 Å². The van der Waals surface area contributed by atoms with E-state index in [9.17, 15) is 8.78 Å². The first-order valence-corrected chi connectivity index (χ1v) is 6.36. The third-order valence-electron chi connectivity index (χ3n) is 2.83. The fourth-order valence-corrected chi connectivity index (χ4v) is 2.14. The topological polar surface area (TPSA) is 35.2 Å². The minimum absolute atomic E-state index is 0.132. The number of rotatable bonds is 3. The van der Waals surface area contributed by atoms with Gasteiger partial charge in [-0.1, -0.05) is 28.1 Å². The largest absolute Gasteiger partial charge is 0.494 e. The molecule has 19 heavy (non-hydrogen) atoms. The summed E-state index contributed by atoms with van der Waals surface area (Å²) in [5, 5.41) is 0. The molecule has 0 aliphatic heterocycles. The summed E-state index contributed by atoms with van der Waals surface area (Å²) in [6.45, 7) is 0. The molecule has 0 aromatic heterocycles. The van der Waals surface area contributed by atoms with Crippen LogP contribution < -0.4 is 10.5 Å². The van der Waals surface area contributed by atoms with Gasteiger partial charge in [0.15, 0.2) is 11.6 Å². The highest BCUT2D eigenvalue weighted by Crippen LogP contribution is 2.27. The van der Waals surface area contributed by atoms with Crippen LogP contribution in [0.15, 0.2) is 40.9 Å². The fourth-order valence-electron chi connectivity index (χ4n) is 1.81. The zero-order valence-corrected chi connectivity index (χ0v) is 11.7. The quantitative estimate of drug-likeness (QED) is 0.931. The van der Waals surface area contributed by atoms with Crippen molar-refractivity contribution in [3.05, 3.63) is 63.6 Å². The number of halogens is 3. The second-order valence-corrected chi connectivity index (χ2v) is 4.95. The number of benzene rings is 2. The first-order valence-electron chi connectivity index (χ1n) is 5.57. The van der Waals surface area contributed by atoms with Gasteiger partial charge in [-0.25, -0.2) is 8.78 Å². The zero-order chi connectivity index (χ0) is 14.0. The molecule has 0 heterocycles. The minimum Gasteiger partial charge on any atom is -0.494 e. The molecule has 0 saturated heterocycles. The van der Waals surface area contributed by atoms with Gasteiger partial charge in [-0.3, -0.25) is 0 Å². The molecular formula is C14H12BrF2NO. The summed E-state index contributed by atoms with van der Waals surface area (Å²) in [7, 11) is 1.38. The Morgan fingerprint density at radius 2 is 1.84 bits per heavy atom. The molecule has 0 saturated carbocycles. The monoisotopic (exact) mass is 327 g/mol. The van der Waals surface area contributed by atoms with E-state index in [2.05, 4.69) is 15.9 Å². The maximum atomic E-state index is 13.8. The van der Waals surface area contributed by atoms with Crippen molar-refractivity contribution in [2.75, 3.05) is 7.11 Å². The third-order valence-corrected chi connectivity index (χ3v) is 3.33. The van der Waals surface area contributed by atoms with Crippen LogP contribution in [0.25, 0.3) is 0 Å². The second kappa shape index (κ2) is 5.67. The van der Waals surface area contributed by atoms with Gasteiger partial charge in [0.1, 0.15) is 5.82 Å².